The molecule has 0 unspecified atom stereocenters. The van der Waals surface area contributed by atoms with Crippen LogP contribution < -0.4 is 4.90 Å². The van der Waals surface area contributed by atoms with Crippen molar-refractivity contribution in [3.63, 3.8) is 0 Å². The van der Waals surface area contributed by atoms with Gasteiger partial charge in [-0.3, -0.25) is 9.69 Å². The number of hydrogen-bond donors (Lipinski definition) is 1. The standard InChI is InChI=1S/C14H18N4O2S.ClH/c1-9-5-17(7-12(19)20)6-10(2)18(9)13-11-3-4-21-14(11)16-8-15-13;/h3-4,8-10H,5-7H2,1-2H3,(H,19,20);1H/t9-,10+;. The van der Waals surface area contributed by atoms with Gasteiger partial charge in [0, 0.05) is 25.2 Å². The number of fused-ring (bicyclic) bond motifs is 1. The highest BCUT2D eigenvalue weighted by Crippen LogP contribution is 2.31. The van der Waals surface area contributed by atoms with Gasteiger partial charge in [0.2, 0.25) is 0 Å². The number of aromatic nitrogens is 2. The zero-order valence-electron chi connectivity index (χ0n) is 12.5. The zero-order chi connectivity index (χ0) is 15.0. The van der Waals surface area contributed by atoms with Gasteiger partial charge in [0.1, 0.15) is 17.0 Å². The van der Waals surface area contributed by atoms with Gasteiger partial charge in [0.15, 0.2) is 0 Å². The maximum atomic E-state index is 10.9. The Bertz CT molecular complexity index is 653. The maximum absolute atomic E-state index is 10.9. The summed E-state index contributed by atoms with van der Waals surface area (Å²) in [6.07, 6.45) is 1.61. The molecule has 2 aromatic heterocycles. The van der Waals surface area contributed by atoms with Crippen molar-refractivity contribution in [2.24, 2.45) is 0 Å². The summed E-state index contributed by atoms with van der Waals surface area (Å²) in [6, 6.07) is 2.48. The molecule has 0 bridgehead atoms. The molecule has 1 aliphatic heterocycles. The highest BCUT2D eigenvalue weighted by atomic mass is 35.5. The molecule has 8 heteroatoms. The van der Waals surface area contributed by atoms with Crippen LogP contribution in [0.3, 0.4) is 0 Å². The number of aliphatic carboxylic acids is 1. The lowest BCUT2D eigenvalue weighted by Gasteiger charge is -2.44. The molecule has 1 aliphatic rings. The Balaban J connectivity index is 0.00000176. The summed E-state index contributed by atoms with van der Waals surface area (Å²) in [4.78, 5) is 24.9. The van der Waals surface area contributed by atoms with Crippen LogP contribution >= 0.6 is 23.7 Å². The van der Waals surface area contributed by atoms with Crippen LogP contribution in [0.4, 0.5) is 5.82 Å². The number of piperazine rings is 1. The second-order valence-electron chi connectivity index (χ2n) is 5.53. The molecular weight excluding hydrogens is 324 g/mol. The number of hydrogen-bond acceptors (Lipinski definition) is 6. The van der Waals surface area contributed by atoms with Gasteiger partial charge in [0.25, 0.3) is 0 Å². The van der Waals surface area contributed by atoms with Crippen molar-refractivity contribution in [3.05, 3.63) is 17.8 Å². The average Bonchev–Trinajstić information content (AvgIpc) is 2.86. The Morgan fingerprint density at radius 2 is 2.05 bits per heavy atom. The molecule has 0 radical (unpaired) electrons. The van der Waals surface area contributed by atoms with E-state index in [0.717, 1.165) is 29.1 Å². The number of nitrogens with zero attached hydrogens (tertiary/aromatic N) is 4. The minimum Gasteiger partial charge on any atom is -0.480 e. The molecule has 0 saturated carbocycles. The summed E-state index contributed by atoms with van der Waals surface area (Å²) in [6.45, 7) is 5.79. The average molecular weight is 343 g/mol. The van der Waals surface area contributed by atoms with E-state index in [4.69, 9.17) is 5.11 Å². The van der Waals surface area contributed by atoms with Crippen LogP contribution in [0.25, 0.3) is 10.2 Å². The fourth-order valence-corrected chi connectivity index (χ4v) is 3.88. The molecule has 0 aromatic carbocycles. The molecule has 2 aromatic rings. The quantitative estimate of drug-likeness (QED) is 0.921. The third-order valence-electron chi connectivity index (χ3n) is 3.84. The van der Waals surface area contributed by atoms with Crippen molar-refractivity contribution in [2.75, 3.05) is 24.5 Å². The molecule has 6 nitrogen and oxygen atoms in total. The number of rotatable bonds is 3. The minimum atomic E-state index is -0.773. The molecule has 3 heterocycles. The highest BCUT2D eigenvalue weighted by molar-refractivity contribution is 7.16. The molecule has 2 atom stereocenters. The molecule has 1 N–H and O–H groups in total. The van der Waals surface area contributed by atoms with Gasteiger partial charge in [-0.15, -0.1) is 23.7 Å². The third kappa shape index (κ3) is 3.16. The van der Waals surface area contributed by atoms with Crippen molar-refractivity contribution in [1.82, 2.24) is 14.9 Å². The summed E-state index contributed by atoms with van der Waals surface area (Å²) in [7, 11) is 0. The number of halogens is 1. The van der Waals surface area contributed by atoms with E-state index in [-0.39, 0.29) is 31.0 Å². The Hall–Kier alpha value is -1.44. The van der Waals surface area contributed by atoms with Crippen LogP contribution in [0.15, 0.2) is 17.8 Å². The lowest BCUT2D eigenvalue weighted by Crippen LogP contribution is -2.58. The summed E-state index contributed by atoms with van der Waals surface area (Å²) >= 11 is 1.61. The number of anilines is 1. The Labute approximate surface area is 139 Å². The van der Waals surface area contributed by atoms with E-state index in [1.54, 1.807) is 17.7 Å². The Kier molecular flexibility index (Phi) is 5.20. The third-order valence-corrected chi connectivity index (χ3v) is 4.66. The van der Waals surface area contributed by atoms with Crippen LogP contribution in [0.5, 0.6) is 0 Å². The van der Waals surface area contributed by atoms with E-state index in [0.29, 0.717) is 0 Å². The number of carbonyl (C=O) groups is 1. The normalized spacial score (nSPS) is 22.5. The lowest BCUT2D eigenvalue weighted by atomic mass is 10.1. The van der Waals surface area contributed by atoms with E-state index < -0.39 is 5.97 Å². The van der Waals surface area contributed by atoms with Gasteiger partial charge in [-0.25, -0.2) is 9.97 Å². The summed E-state index contributed by atoms with van der Waals surface area (Å²) in [5.41, 5.74) is 0. The Morgan fingerprint density at radius 3 is 2.68 bits per heavy atom. The van der Waals surface area contributed by atoms with E-state index in [2.05, 4.69) is 34.8 Å². The summed E-state index contributed by atoms with van der Waals surface area (Å²) in [5.74, 6) is 0.182. The van der Waals surface area contributed by atoms with Crippen molar-refractivity contribution in [1.29, 1.82) is 0 Å². The molecule has 120 valence electrons. The van der Waals surface area contributed by atoms with E-state index in [9.17, 15) is 4.79 Å². The second-order valence-corrected chi connectivity index (χ2v) is 6.42. The molecule has 1 fully saturated rings. The second kappa shape index (κ2) is 6.76. The molecule has 1 saturated heterocycles. The molecule has 0 spiro atoms. The highest BCUT2D eigenvalue weighted by Gasteiger charge is 2.32. The van der Waals surface area contributed by atoms with Crippen LogP contribution in [0.2, 0.25) is 0 Å². The fourth-order valence-electron chi connectivity index (χ4n) is 3.15. The monoisotopic (exact) mass is 342 g/mol. The first kappa shape index (κ1) is 16.9. The molecular formula is C14H19ClN4O2S. The van der Waals surface area contributed by atoms with E-state index >= 15 is 0 Å². The fraction of sp³-hybridized carbons (Fsp3) is 0.500. The van der Waals surface area contributed by atoms with Crippen LogP contribution in [-0.4, -0.2) is 57.7 Å². The van der Waals surface area contributed by atoms with Crippen LogP contribution in [0.1, 0.15) is 13.8 Å². The van der Waals surface area contributed by atoms with Crippen LogP contribution in [-0.2, 0) is 4.79 Å². The van der Waals surface area contributed by atoms with Crippen molar-refractivity contribution in [2.45, 2.75) is 25.9 Å². The summed E-state index contributed by atoms with van der Waals surface area (Å²) in [5, 5.41) is 12.1. The van der Waals surface area contributed by atoms with Gasteiger partial charge in [-0.1, -0.05) is 0 Å². The molecule has 3 rings (SSSR count). The van der Waals surface area contributed by atoms with Crippen molar-refractivity contribution >= 4 is 45.7 Å². The first-order valence-corrected chi connectivity index (χ1v) is 7.85. The van der Waals surface area contributed by atoms with Gasteiger partial charge < -0.3 is 10.0 Å². The first-order valence-electron chi connectivity index (χ1n) is 6.97. The van der Waals surface area contributed by atoms with Gasteiger partial charge in [-0.05, 0) is 25.3 Å². The summed E-state index contributed by atoms with van der Waals surface area (Å²) < 4.78 is 0. The Morgan fingerprint density at radius 1 is 1.36 bits per heavy atom. The maximum Gasteiger partial charge on any atom is 0.317 e. The topological polar surface area (TPSA) is 69.6 Å². The number of carboxylic acids is 1. The minimum absolute atomic E-state index is 0. The molecule has 0 amide bonds. The largest absolute Gasteiger partial charge is 0.480 e. The van der Waals surface area contributed by atoms with E-state index in [1.807, 2.05) is 10.3 Å². The SMILES string of the molecule is C[C@@H]1CN(CC(=O)O)C[C@H](C)N1c1ncnc2sccc12.Cl. The van der Waals surface area contributed by atoms with E-state index in [1.165, 1.54) is 0 Å². The lowest BCUT2D eigenvalue weighted by molar-refractivity contribution is -0.138. The van der Waals surface area contributed by atoms with Gasteiger partial charge >= 0.3 is 5.97 Å². The van der Waals surface area contributed by atoms with Crippen LogP contribution in [0, 0.1) is 0 Å². The molecule has 0 aliphatic carbocycles. The smallest absolute Gasteiger partial charge is 0.317 e. The first-order chi connectivity index (χ1) is 10.1. The van der Waals surface area contributed by atoms with Crippen molar-refractivity contribution < 1.29 is 9.90 Å². The van der Waals surface area contributed by atoms with Crippen molar-refractivity contribution in [3.8, 4) is 0 Å². The van der Waals surface area contributed by atoms with Gasteiger partial charge in [0.05, 0.1) is 11.9 Å². The number of thiophene rings is 1. The predicted molar refractivity (Wildman–Crippen MR) is 90.1 cm³/mol. The zero-order valence-corrected chi connectivity index (χ0v) is 14.1. The van der Waals surface area contributed by atoms with Gasteiger partial charge in [-0.2, -0.15) is 0 Å². The molecule has 22 heavy (non-hydrogen) atoms. The number of carboxylic acid groups (broad SMARTS) is 1. The predicted octanol–water partition coefficient (Wildman–Crippen LogP) is 2.10.